The summed E-state index contributed by atoms with van der Waals surface area (Å²) in [4.78, 5) is 22.8. The van der Waals surface area contributed by atoms with E-state index in [1.165, 1.54) is 30.3 Å². The normalized spacial score (nSPS) is 11.1. The number of nitrogens with zero attached hydrogens (tertiary/aromatic N) is 2. The minimum atomic E-state index is -0.759. The number of aliphatic carboxylic acids is 1. The average molecular weight is 354 g/mol. The van der Waals surface area contributed by atoms with Crippen LogP contribution in [0.15, 0.2) is 4.79 Å². The van der Waals surface area contributed by atoms with Gasteiger partial charge in [-0.05, 0) is 25.7 Å². The van der Waals surface area contributed by atoms with Crippen LogP contribution in [0.3, 0.4) is 0 Å². The quantitative estimate of drug-likeness (QED) is 0.497. The largest absolute Gasteiger partial charge is 0.493 e. The van der Waals surface area contributed by atoms with E-state index < -0.39 is 5.97 Å². The summed E-state index contributed by atoms with van der Waals surface area (Å²) in [7, 11) is 1.60. The first-order valence-corrected chi connectivity index (χ1v) is 9.68. The Balaban J connectivity index is 2.47. The van der Waals surface area contributed by atoms with E-state index in [4.69, 9.17) is 5.11 Å². The van der Waals surface area contributed by atoms with Gasteiger partial charge >= 0.3 is 11.7 Å². The first-order chi connectivity index (χ1) is 12.0. The molecule has 0 fully saturated rings. The van der Waals surface area contributed by atoms with Gasteiger partial charge in [0.05, 0.1) is 5.69 Å². The Morgan fingerprint density at radius 2 is 1.56 bits per heavy atom. The summed E-state index contributed by atoms with van der Waals surface area (Å²) in [5.41, 5.74) is 0.581. The second-order valence-electron chi connectivity index (χ2n) is 6.84. The average Bonchev–Trinajstić information content (AvgIpc) is 2.78. The molecule has 0 bridgehead atoms. The van der Waals surface area contributed by atoms with Crippen molar-refractivity contribution >= 4 is 5.97 Å². The summed E-state index contributed by atoms with van der Waals surface area (Å²) < 4.78 is 3.01. The van der Waals surface area contributed by atoms with Gasteiger partial charge in [0, 0.05) is 20.0 Å². The zero-order valence-electron chi connectivity index (χ0n) is 15.8. The van der Waals surface area contributed by atoms with Crippen molar-refractivity contribution in [3.8, 4) is 5.88 Å². The summed E-state index contributed by atoms with van der Waals surface area (Å²) >= 11 is 0. The van der Waals surface area contributed by atoms with Crippen molar-refractivity contribution in [2.24, 2.45) is 7.05 Å². The van der Waals surface area contributed by atoms with Crippen molar-refractivity contribution in [2.45, 2.75) is 90.5 Å². The van der Waals surface area contributed by atoms with E-state index in [1.807, 2.05) is 0 Å². The molecule has 0 spiro atoms. The van der Waals surface area contributed by atoms with E-state index in [-0.39, 0.29) is 18.0 Å². The molecule has 1 aromatic rings. The number of rotatable bonds is 14. The molecule has 0 aliphatic rings. The van der Waals surface area contributed by atoms with Crippen molar-refractivity contribution in [1.82, 2.24) is 9.13 Å². The third-order valence-corrected chi connectivity index (χ3v) is 4.71. The number of aromatic nitrogens is 2. The molecule has 2 N–H and O–H groups in total. The third kappa shape index (κ3) is 7.36. The number of imidazole rings is 1. The van der Waals surface area contributed by atoms with Crippen molar-refractivity contribution in [2.75, 3.05) is 0 Å². The maximum absolute atomic E-state index is 12.3. The molecule has 0 saturated carbocycles. The van der Waals surface area contributed by atoms with Crippen molar-refractivity contribution < 1.29 is 15.0 Å². The molecule has 0 atom stereocenters. The lowest BCUT2D eigenvalue weighted by Gasteiger charge is -2.08. The molecule has 0 saturated heterocycles. The Morgan fingerprint density at radius 3 is 2.24 bits per heavy atom. The van der Waals surface area contributed by atoms with E-state index >= 15 is 0 Å². The minimum absolute atomic E-state index is 0.0874. The highest BCUT2D eigenvalue weighted by Crippen LogP contribution is 2.19. The number of unbranched alkanes of at least 4 members (excludes halogenated alkanes) is 8. The van der Waals surface area contributed by atoms with Gasteiger partial charge in [0.15, 0.2) is 0 Å². The summed E-state index contributed by atoms with van der Waals surface area (Å²) in [5, 5.41) is 18.8. The van der Waals surface area contributed by atoms with Gasteiger partial charge in [0.25, 0.3) is 0 Å². The Morgan fingerprint density at radius 1 is 0.960 bits per heavy atom. The molecule has 0 aromatic carbocycles. The second-order valence-corrected chi connectivity index (χ2v) is 6.84. The Labute approximate surface area is 150 Å². The summed E-state index contributed by atoms with van der Waals surface area (Å²) in [6.45, 7) is 2.79. The predicted octanol–water partition coefficient (Wildman–Crippen LogP) is 3.83. The van der Waals surface area contributed by atoms with Crippen molar-refractivity contribution in [1.29, 1.82) is 0 Å². The SMILES string of the molecule is CCCCCCCCc1c(O)n(C)c(=O)n1CCCCCCC(=O)O. The van der Waals surface area contributed by atoms with E-state index in [2.05, 4.69) is 6.92 Å². The smallest absolute Gasteiger partial charge is 0.330 e. The number of hydrogen-bond acceptors (Lipinski definition) is 3. The molecule has 0 aliphatic carbocycles. The fraction of sp³-hybridized carbons (Fsp3) is 0.789. The van der Waals surface area contributed by atoms with Crippen LogP contribution in [0.2, 0.25) is 0 Å². The van der Waals surface area contributed by atoms with Crippen LogP contribution in [0.1, 0.15) is 83.2 Å². The monoisotopic (exact) mass is 354 g/mol. The summed E-state index contributed by atoms with van der Waals surface area (Å²) in [6.07, 6.45) is 11.2. The molecule has 0 aliphatic heterocycles. The van der Waals surface area contributed by atoms with Gasteiger partial charge in [0.2, 0.25) is 5.88 Å². The maximum Gasteiger partial charge on any atom is 0.330 e. The number of carbonyl (C=O) groups is 1. The molecule has 1 rings (SSSR count). The van der Waals surface area contributed by atoms with Crippen molar-refractivity contribution in [3.05, 3.63) is 16.2 Å². The molecule has 1 aromatic heterocycles. The fourth-order valence-corrected chi connectivity index (χ4v) is 3.15. The van der Waals surface area contributed by atoms with Crippen LogP contribution in [0.25, 0.3) is 0 Å². The predicted molar refractivity (Wildman–Crippen MR) is 99.1 cm³/mol. The van der Waals surface area contributed by atoms with Gasteiger partial charge in [-0.2, -0.15) is 0 Å². The van der Waals surface area contributed by atoms with Crippen LogP contribution in [0, 0.1) is 0 Å². The molecule has 0 amide bonds. The summed E-state index contributed by atoms with van der Waals surface area (Å²) in [5.74, 6) is -0.671. The van der Waals surface area contributed by atoms with Crippen LogP contribution in [-0.2, 0) is 24.8 Å². The number of carboxylic acids is 1. The van der Waals surface area contributed by atoms with Crippen LogP contribution >= 0.6 is 0 Å². The lowest BCUT2D eigenvalue weighted by atomic mass is 10.1. The molecule has 144 valence electrons. The molecule has 1 heterocycles. The van der Waals surface area contributed by atoms with Gasteiger partial charge in [-0.15, -0.1) is 0 Å². The highest BCUT2D eigenvalue weighted by atomic mass is 16.4. The van der Waals surface area contributed by atoms with Crippen LogP contribution in [0.5, 0.6) is 5.88 Å². The van der Waals surface area contributed by atoms with Gasteiger partial charge < -0.3 is 10.2 Å². The zero-order valence-corrected chi connectivity index (χ0v) is 15.8. The maximum atomic E-state index is 12.3. The number of carboxylic acid groups (broad SMARTS) is 1. The fourth-order valence-electron chi connectivity index (χ4n) is 3.15. The minimum Gasteiger partial charge on any atom is -0.493 e. The van der Waals surface area contributed by atoms with Crippen LogP contribution < -0.4 is 5.69 Å². The molecule has 0 radical (unpaired) electrons. The Hall–Kier alpha value is -1.72. The first kappa shape index (κ1) is 21.3. The molecular weight excluding hydrogens is 320 g/mol. The second kappa shape index (κ2) is 11.8. The van der Waals surface area contributed by atoms with Gasteiger partial charge in [-0.3, -0.25) is 13.9 Å². The Kier molecular flexibility index (Phi) is 10.0. The van der Waals surface area contributed by atoms with E-state index in [1.54, 1.807) is 11.6 Å². The summed E-state index contributed by atoms with van der Waals surface area (Å²) in [6, 6.07) is 0. The van der Waals surface area contributed by atoms with Crippen molar-refractivity contribution in [3.63, 3.8) is 0 Å². The third-order valence-electron chi connectivity index (χ3n) is 4.71. The molecular formula is C19H34N2O4. The van der Waals surface area contributed by atoms with E-state index in [0.29, 0.717) is 13.0 Å². The molecule has 6 heteroatoms. The first-order valence-electron chi connectivity index (χ1n) is 9.68. The molecule has 25 heavy (non-hydrogen) atoms. The topological polar surface area (TPSA) is 84.5 Å². The van der Waals surface area contributed by atoms with Crippen LogP contribution in [-0.4, -0.2) is 25.3 Å². The molecule has 0 unspecified atom stereocenters. The van der Waals surface area contributed by atoms with Crippen LogP contribution in [0.4, 0.5) is 0 Å². The van der Waals surface area contributed by atoms with E-state index in [0.717, 1.165) is 44.2 Å². The van der Waals surface area contributed by atoms with Gasteiger partial charge in [-0.1, -0.05) is 51.9 Å². The van der Waals surface area contributed by atoms with E-state index in [9.17, 15) is 14.7 Å². The Bertz CT molecular complexity index is 575. The zero-order chi connectivity index (χ0) is 18.7. The highest BCUT2D eigenvalue weighted by Gasteiger charge is 2.16. The number of aromatic hydroxyl groups is 1. The standard InChI is InChI=1S/C19H34N2O4/c1-3-4-5-6-7-10-13-16-18(24)20(2)19(25)21(16)15-12-9-8-11-14-17(22)23/h24H,3-15H2,1-2H3,(H,22,23). The highest BCUT2D eigenvalue weighted by molar-refractivity contribution is 5.66. The lowest BCUT2D eigenvalue weighted by Crippen LogP contribution is -2.23. The molecule has 6 nitrogen and oxygen atoms in total. The van der Waals surface area contributed by atoms with Gasteiger partial charge in [-0.25, -0.2) is 4.79 Å². The number of hydrogen-bond donors (Lipinski definition) is 2. The lowest BCUT2D eigenvalue weighted by molar-refractivity contribution is -0.137. The van der Waals surface area contributed by atoms with Gasteiger partial charge in [0.1, 0.15) is 0 Å².